The smallest absolute Gasteiger partial charge is 0.271 e. The minimum absolute atomic E-state index is 0.00932. The zero-order valence-electron chi connectivity index (χ0n) is 19.0. The fraction of sp³-hybridized carbons (Fsp3) is 0.375. The maximum Gasteiger partial charge on any atom is 0.271 e. The molecule has 6 rings (SSSR count). The van der Waals surface area contributed by atoms with Crippen LogP contribution in [0.25, 0.3) is 0 Å². The Morgan fingerprint density at radius 1 is 1.09 bits per heavy atom. The highest BCUT2D eigenvalue weighted by molar-refractivity contribution is 6.26. The summed E-state index contributed by atoms with van der Waals surface area (Å²) in [5.74, 6) is -2.46. The number of imide groups is 1. The fourth-order valence-corrected chi connectivity index (χ4v) is 6.51. The zero-order valence-corrected chi connectivity index (χ0v) is 19.0. The number of rotatable bonds is 4. The average Bonchev–Trinajstić information content (AvgIpc) is 3.56. The highest BCUT2D eigenvalue weighted by atomic mass is 16.6. The van der Waals surface area contributed by atoms with Crippen molar-refractivity contribution >= 4 is 34.8 Å². The largest absolute Gasteiger partial charge is 0.497 e. The number of hydrogen-bond acceptors (Lipinski definition) is 8. The molecule has 11 nitrogen and oxygen atoms in total. The molecule has 0 aliphatic carbocycles. The second-order valence-corrected chi connectivity index (χ2v) is 9.16. The topological polar surface area (TPSA) is 131 Å². The molecule has 0 unspecified atom stereocenters. The first-order chi connectivity index (χ1) is 16.8. The number of fused-ring (bicyclic) bond motifs is 7. The minimum atomic E-state index is -1.37. The molecule has 180 valence electrons. The van der Waals surface area contributed by atoms with Gasteiger partial charge in [-0.15, -0.1) is 0 Å². The molecule has 3 amide bonds. The maximum atomic E-state index is 14.1. The molecular weight excluding hydrogens is 456 g/mol. The van der Waals surface area contributed by atoms with Crippen molar-refractivity contribution in [2.45, 2.75) is 24.4 Å². The van der Waals surface area contributed by atoms with E-state index in [1.807, 2.05) is 4.90 Å². The number of non-ortho nitro benzene ring substituents is 1. The van der Waals surface area contributed by atoms with Gasteiger partial charge in [0.25, 0.3) is 5.69 Å². The number of nitrogens with one attached hydrogen (secondary N) is 1. The second-order valence-electron chi connectivity index (χ2n) is 9.16. The molecule has 4 aliphatic heterocycles. The summed E-state index contributed by atoms with van der Waals surface area (Å²) in [4.78, 5) is 55.5. The van der Waals surface area contributed by atoms with E-state index in [-0.39, 0.29) is 29.1 Å². The third-order valence-electron chi connectivity index (χ3n) is 7.81. The minimum Gasteiger partial charge on any atom is -0.497 e. The van der Waals surface area contributed by atoms with Crippen molar-refractivity contribution in [3.8, 4) is 11.5 Å². The number of hydrogen-bond donors (Lipinski definition) is 1. The molecule has 2 aromatic carbocycles. The van der Waals surface area contributed by atoms with Gasteiger partial charge in [-0.1, -0.05) is 0 Å². The van der Waals surface area contributed by atoms with Crippen LogP contribution in [0.15, 0.2) is 36.4 Å². The molecule has 4 aliphatic rings. The third kappa shape index (κ3) is 2.55. The molecule has 0 aromatic heterocycles. The number of nitro benzene ring substituents is 1. The van der Waals surface area contributed by atoms with Gasteiger partial charge in [0.05, 0.1) is 31.0 Å². The van der Waals surface area contributed by atoms with Crippen molar-refractivity contribution in [3.05, 3.63) is 52.1 Å². The number of nitrogens with zero attached hydrogens (tertiary/aromatic N) is 3. The zero-order chi connectivity index (χ0) is 24.6. The maximum absolute atomic E-state index is 14.1. The molecule has 1 N–H and O–H groups in total. The number of benzene rings is 2. The van der Waals surface area contributed by atoms with Crippen LogP contribution in [-0.2, 0) is 19.9 Å². The van der Waals surface area contributed by atoms with E-state index in [1.54, 1.807) is 18.2 Å². The number of amides is 3. The lowest BCUT2D eigenvalue weighted by Crippen LogP contribution is -2.54. The van der Waals surface area contributed by atoms with Gasteiger partial charge in [-0.25, -0.2) is 4.90 Å². The Kier molecular flexibility index (Phi) is 4.46. The third-order valence-corrected chi connectivity index (χ3v) is 7.81. The summed E-state index contributed by atoms with van der Waals surface area (Å²) in [5, 5.41) is 14.3. The van der Waals surface area contributed by atoms with Gasteiger partial charge in [0.1, 0.15) is 22.7 Å². The van der Waals surface area contributed by atoms with E-state index in [2.05, 4.69) is 5.32 Å². The lowest BCUT2D eigenvalue weighted by Gasteiger charge is -2.36. The van der Waals surface area contributed by atoms with Gasteiger partial charge in [0, 0.05) is 29.4 Å². The van der Waals surface area contributed by atoms with Crippen LogP contribution in [0.3, 0.4) is 0 Å². The molecule has 0 bridgehead atoms. The van der Waals surface area contributed by atoms with Crippen molar-refractivity contribution in [1.82, 2.24) is 4.90 Å². The van der Waals surface area contributed by atoms with Gasteiger partial charge < -0.3 is 14.8 Å². The number of anilines is 2. The Hall–Kier alpha value is -3.99. The quantitative estimate of drug-likeness (QED) is 0.401. The summed E-state index contributed by atoms with van der Waals surface area (Å²) in [6.07, 6.45) is 1.44. The number of carbonyl (C=O) groups is 3. The van der Waals surface area contributed by atoms with Crippen LogP contribution in [-0.4, -0.2) is 54.4 Å². The summed E-state index contributed by atoms with van der Waals surface area (Å²) < 4.78 is 10.8. The first kappa shape index (κ1) is 21.5. The first-order valence-electron chi connectivity index (χ1n) is 11.3. The molecule has 3 saturated heterocycles. The summed E-state index contributed by atoms with van der Waals surface area (Å²) in [6, 6.07) is 8.69. The van der Waals surface area contributed by atoms with Gasteiger partial charge in [0.2, 0.25) is 17.7 Å². The predicted octanol–water partition coefficient (Wildman–Crippen LogP) is 2.04. The Bertz CT molecular complexity index is 1330. The summed E-state index contributed by atoms with van der Waals surface area (Å²) in [5.41, 5.74) is -0.450. The second kappa shape index (κ2) is 7.25. The Balaban J connectivity index is 1.55. The molecular formula is C24H22N4O7. The van der Waals surface area contributed by atoms with Crippen LogP contribution >= 0.6 is 0 Å². The highest BCUT2D eigenvalue weighted by Crippen LogP contribution is 2.61. The van der Waals surface area contributed by atoms with E-state index < -0.39 is 34.1 Å². The van der Waals surface area contributed by atoms with Crippen LogP contribution in [0.1, 0.15) is 18.4 Å². The monoisotopic (exact) mass is 478 g/mol. The number of nitro groups is 1. The molecule has 2 aromatic rings. The molecule has 0 radical (unpaired) electrons. The van der Waals surface area contributed by atoms with E-state index in [0.29, 0.717) is 30.0 Å². The number of methoxy groups -OCH3 is 2. The van der Waals surface area contributed by atoms with Crippen LogP contribution in [0.5, 0.6) is 11.5 Å². The highest BCUT2D eigenvalue weighted by Gasteiger charge is 2.74. The molecule has 3 fully saturated rings. The molecule has 1 spiro atoms. The van der Waals surface area contributed by atoms with Crippen molar-refractivity contribution < 1.29 is 28.8 Å². The van der Waals surface area contributed by atoms with E-state index in [9.17, 15) is 24.5 Å². The van der Waals surface area contributed by atoms with E-state index >= 15 is 0 Å². The van der Waals surface area contributed by atoms with Crippen LogP contribution in [0, 0.1) is 22.0 Å². The summed E-state index contributed by atoms with van der Waals surface area (Å²) in [7, 11) is 2.89. The summed E-state index contributed by atoms with van der Waals surface area (Å²) >= 11 is 0. The van der Waals surface area contributed by atoms with E-state index in [4.69, 9.17) is 9.47 Å². The van der Waals surface area contributed by atoms with E-state index in [1.165, 1.54) is 32.4 Å². The number of ether oxygens (including phenoxy) is 2. The standard InChI is InChI=1S/C24H22N4O7/c1-34-13-6-7-15-14(11-13)24(23(31)25-15)20-19(16-4-3-9-26(16)24)21(29)27(22(20)30)17-10-12(28(32)33)5-8-18(17)35-2/h5-8,10-11,16,19-20H,3-4,9H2,1-2H3,(H,25,31)/t16-,19+,20+,24-/m1/s1. The normalized spacial score (nSPS) is 28.8. The van der Waals surface area contributed by atoms with Gasteiger partial charge in [-0.05, 0) is 43.7 Å². The van der Waals surface area contributed by atoms with Crippen molar-refractivity contribution in [2.24, 2.45) is 11.8 Å². The van der Waals surface area contributed by atoms with Gasteiger partial charge in [-0.3, -0.25) is 29.4 Å². The lowest BCUT2D eigenvalue weighted by atomic mass is 9.75. The molecule has 0 saturated carbocycles. The Morgan fingerprint density at radius 2 is 1.89 bits per heavy atom. The van der Waals surface area contributed by atoms with Gasteiger partial charge in [0.15, 0.2) is 0 Å². The predicted molar refractivity (Wildman–Crippen MR) is 122 cm³/mol. The first-order valence-corrected chi connectivity index (χ1v) is 11.3. The molecule has 11 heteroatoms. The van der Waals surface area contributed by atoms with Gasteiger partial charge in [-0.2, -0.15) is 0 Å². The SMILES string of the molecule is COc1ccc2c(c1)[C@]1(C(=O)N2)[C@@H]2C(=O)N(c3cc([N+](=O)[O-])ccc3OC)C(=O)[C@H]2[C@H]2CCCN21. The van der Waals surface area contributed by atoms with Gasteiger partial charge >= 0.3 is 0 Å². The summed E-state index contributed by atoms with van der Waals surface area (Å²) in [6.45, 7) is 0.572. The lowest BCUT2D eigenvalue weighted by molar-refractivity contribution is -0.384. The van der Waals surface area contributed by atoms with Crippen LogP contribution in [0.4, 0.5) is 17.1 Å². The average molecular weight is 478 g/mol. The van der Waals surface area contributed by atoms with Crippen molar-refractivity contribution in [3.63, 3.8) is 0 Å². The van der Waals surface area contributed by atoms with E-state index in [0.717, 1.165) is 11.3 Å². The van der Waals surface area contributed by atoms with Crippen LogP contribution in [0.2, 0.25) is 0 Å². The molecule has 4 atom stereocenters. The van der Waals surface area contributed by atoms with Crippen LogP contribution < -0.4 is 19.7 Å². The Labute approximate surface area is 199 Å². The van der Waals surface area contributed by atoms with Crippen molar-refractivity contribution in [1.29, 1.82) is 0 Å². The fourth-order valence-electron chi connectivity index (χ4n) is 6.51. The Morgan fingerprint density at radius 3 is 2.60 bits per heavy atom. The number of carbonyl (C=O) groups excluding carboxylic acids is 3. The van der Waals surface area contributed by atoms with Crippen molar-refractivity contribution in [2.75, 3.05) is 31.0 Å². The molecule has 35 heavy (non-hydrogen) atoms. The molecule has 4 heterocycles.